The lowest BCUT2D eigenvalue weighted by atomic mass is 10.3. The first kappa shape index (κ1) is 9.98. The van der Waals surface area contributed by atoms with Crippen molar-refractivity contribution in [3.05, 3.63) is 34.7 Å². The molecule has 4 nitrogen and oxygen atoms in total. The Morgan fingerprint density at radius 2 is 2.20 bits per heavy atom. The third kappa shape index (κ3) is 1.68. The standard InChI is InChI=1S/C11H14N2O2/c1-8(7-15-2)13-10-6-4-3-5-9(10)12-11(13)14/h3-6,8H,7H2,1-2H3,(H,12,14). The minimum atomic E-state index is -0.0826. The van der Waals surface area contributed by atoms with E-state index in [-0.39, 0.29) is 11.7 Å². The van der Waals surface area contributed by atoms with Crippen molar-refractivity contribution in [2.45, 2.75) is 13.0 Å². The zero-order valence-corrected chi connectivity index (χ0v) is 8.86. The molecular formula is C11H14N2O2. The molecule has 80 valence electrons. The number of aromatic amines is 1. The molecule has 1 aromatic carbocycles. The van der Waals surface area contributed by atoms with Crippen molar-refractivity contribution in [1.29, 1.82) is 0 Å². The van der Waals surface area contributed by atoms with Crippen LogP contribution in [0.1, 0.15) is 13.0 Å². The number of aromatic nitrogens is 2. The Labute approximate surface area is 87.5 Å². The van der Waals surface area contributed by atoms with Gasteiger partial charge in [0, 0.05) is 7.11 Å². The number of hydrogen-bond acceptors (Lipinski definition) is 2. The van der Waals surface area contributed by atoms with Crippen LogP contribution in [0.3, 0.4) is 0 Å². The van der Waals surface area contributed by atoms with Crippen LogP contribution < -0.4 is 5.69 Å². The first-order valence-electron chi connectivity index (χ1n) is 4.92. The molecule has 1 aromatic heterocycles. The number of H-pyrrole nitrogens is 1. The smallest absolute Gasteiger partial charge is 0.326 e. The van der Waals surface area contributed by atoms with Crippen LogP contribution in [0.25, 0.3) is 11.0 Å². The zero-order chi connectivity index (χ0) is 10.8. The number of nitrogens with one attached hydrogen (secondary N) is 1. The van der Waals surface area contributed by atoms with Crippen molar-refractivity contribution in [2.75, 3.05) is 13.7 Å². The minimum absolute atomic E-state index is 0.0404. The predicted molar refractivity (Wildman–Crippen MR) is 59.1 cm³/mol. The summed E-state index contributed by atoms with van der Waals surface area (Å²) >= 11 is 0. The number of ether oxygens (including phenoxy) is 1. The summed E-state index contributed by atoms with van der Waals surface area (Å²) in [4.78, 5) is 14.5. The Hall–Kier alpha value is -1.55. The molecule has 15 heavy (non-hydrogen) atoms. The number of rotatable bonds is 3. The van der Waals surface area contributed by atoms with E-state index in [0.29, 0.717) is 6.61 Å². The van der Waals surface area contributed by atoms with Crippen LogP contribution in [0.2, 0.25) is 0 Å². The zero-order valence-electron chi connectivity index (χ0n) is 8.86. The molecule has 1 heterocycles. The number of para-hydroxylation sites is 2. The summed E-state index contributed by atoms with van der Waals surface area (Å²) in [6, 6.07) is 7.69. The average molecular weight is 206 g/mol. The van der Waals surface area contributed by atoms with Gasteiger partial charge >= 0.3 is 5.69 Å². The first-order valence-corrected chi connectivity index (χ1v) is 4.92. The van der Waals surface area contributed by atoms with Crippen molar-refractivity contribution in [3.8, 4) is 0 Å². The quantitative estimate of drug-likeness (QED) is 0.828. The van der Waals surface area contributed by atoms with Gasteiger partial charge in [0.25, 0.3) is 0 Å². The molecule has 1 N–H and O–H groups in total. The van der Waals surface area contributed by atoms with Gasteiger partial charge in [-0.1, -0.05) is 12.1 Å². The molecule has 0 saturated carbocycles. The molecular weight excluding hydrogens is 192 g/mol. The SMILES string of the molecule is COCC(C)n1c(=O)[nH]c2ccccc21. The van der Waals surface area contributed by atoms with Gasteiger partial charge in [-0.2, -0.15) is 0 Å². The number of fused-ring (bicyclic) bond motifs is 1. The van der Waals surface area contributed by atoms with Gasteiger partial charge in [-0.05, 0) is 19.1 Å². The van der Waals surface area contributed by atoms with Gasteiger partial charge in [-0.15, -0.1) is 0 Å². The second-order valence-corrected chi connectivity index (χ2v) is 3.62. The second kappa shape index (κ2) is 3.90. The van der Waals surface area contributed by atoms with Gasteiger partial charge in [0.1, 0.15) is 0 Å². The highest BCUT2D eigenvalue weighted by atomic mass is 16.5. The van der Waals surface area contributed by atoms with Gasteiger partial charge in [-0.3, -0.25) is 4.57 Å². The van der Waals surface area contributed by atoms with E-state index >= 15 is 0 Å². The number of methoxy groups -OCH3 is 1. The van der Waals surface area contributed by atoms with Crippen LogP contribution in [0.5, 0.6) is 0 Å². The van der Waals surface area contributed by atoms with E-state index in [9.17, 15) is 4.79 Å². The number of hydrogen-bond donors (Lipinski definition) is 1. The maximum atomic E-state index is 11.7. The Morgan fingerprint density at radius 3 is 2.93 bits per heavy atom. The summed E-state index contributed by atoms with van der Waals surface area (Å²) in [7, 11) is 1.64. The van der Waals surface area contributed by atoms with Crippen LogP contribution in [0, 0.1) is 0 Å². The summed E-state index contributed by atoms with van der Waals surface area (Å²) in [5.74, 6) is 0. The van der Waals surface area contributed by atoms with E-state index in [1.54, 1.807) is 11.7 Å². The van der Waals surface area contributed by atoms with Crippen molar-refractivity contribution in [1.82, 2.24) is 9.55 Å². The molecule has 1 atom stereocenters. The topological polar surface area (TPSA) is 47.0 Å². The highest BCUT2D eigenvalue weighted by Crippen LogP contribution is 2.14. The molecule has 0 amide bonds. The molecule has 0 radical (unpaired) electrons. The molecule has 0 bridgehead atoms. The molecule has 0 spiro atoms. The van der Waals surface area contributed by atoms with Gasteiger partial charge in [0.05, 0.1) is 23.7 Å². The van der Waals surface area contributed by atoms with Crippen LogP contribution in [-0.2, 0) is 4.74 Å². The van der Waals surface area contributed by atoms with Gasteiger partial charge < -0.3 is 9.72 Å². The monoisotopic (exact) mass is 206 g/mol. The summed E-state index contributed by atoms with van der Waals surface area (Å²) in [5, 5.41) is 0. The predicted octanol–water partition coefficient (Wildman–Crippen LogP) is 1.54. The molecule has 2 aromatic rings. The Kier molecular flexibility index (Phi) is 2.60. The molecule has 0 fully saturated rings. The maximum absolute atomic E-state index is 11.7. The lowest BCUT2D eigenvalue weighted by Crippen LogP contribution is -2.23. The average Bonchev–Trinajstić information content (AvgIpc) is 2.54. The van der Waals surface area contributed by atoms with Crippen LogP contribution in [0.4, 0.5) is 0 Å². The van der Waals surface area contributed by atoms with E-state index in [4.69, 9.17) is 4.74 Å². The largest absolute Gasteiger partial charge is 0.383 e. The lowest BCUT2D eigenvalue weighted by molar-refractivity contribution is 0.162. The Morgan fingerprint density at radius 1 is 1.47 bits per heavy atom. The molecule has 0 aliphatic rings. The summed E-state index contributed by atoms with van der Waals surface area (Å²) in [5.41, 5.74) is 1.71. The van der Waals surface area contributed by atoms with Crippen LogP contribution in [-0.4, -0.2) is 23.3 Å². The summed E-state index contributed by atoms with van der Waals surface area (Å²) < 4.78 is 6.78. The highest BCUT2D eigenvalue weighted by Gasteiger charge is 2.11. The molecule has 2 rings (SSSR count). The van der Waals surface area contributed by atoms with E-state index in [1.807, 2.05) is 31.2 Å². The van der Waals surface area contributed by atoms with Crippen LogP contribution >= 0.6 is 0 Å². The van der Waals surface area contributed by atoms with Gasteiger partial charge in [-0.25, -0.2) is 4.79 Å². The number of nitrogens with zero attached hydrogens (tertiary/aromatic N) is 1. The van der Waals surface area contributed by atoms with E-state index < -0.39 is 0 Å². The van der Waals surface area contributed by atoms with Crippen LogP contribution in [0.15, 0.2) is 29.1 Å². The van der Waals surface area contributed by atoms with Crippen molar-refractivity contribution >= 4 is 11.0 Å². The fourth-order valence-electron chi connectivity index (χ4n) is 1.83. The lowest BCUT2D eigenvalue weighted by Gasteiger charge is -2.11. The molecule has 1 unspecified atom stereocenters. The van der Waals surface area contributed by atoms with E-state index in [1.165, 1.54) is 0 Å². The van der Waals surface area contributed by atoms with Gasteiger partial charge in [0.2, 0.25) is 0 Å². The third-order valence-corrected chi connectivity index (χ3v) is 2.47. The Bertz CT molecular complexity index is 513. The number of imidazole rings is 1. The first-order chi connectivity index (χ1) is 7.24. The summed E-state index contributed by atoms with van der Waals surface area (Å²) in [6.07, 6.45) is 0. The maximum Gasteiger partial charge on any atom is 0.326 e. The highest BCUT2D eigenvalue weighted by molar-refractivity contribution is 5.75. The van der Waals surface area contributed by atoms with Gasteiger partial charge in [0.15, 0.2) is 0 Å². The number of benzene rings is 1. The van der Waals surface area contributed by atoms with E-state index in [0.717, 1.165) is 11.0 Å². The third-order valence-electron chi connectivity index (χ3n) is 2.47. The summed E-state index contributed by atoms with van der Waals surface area (Å²) in [6.45, 7) is 2.49. The molecule has 0 aliphatic carbocycles. The van der Waals surface area contributed by atoms with Crippen molar-refractivity contribution in [3.63, 3.8) is 0 Å². The van der Waals surface area contributed by atoms with E-state index in [2.05, 4.69) is 4.98 Å². The normalized spacial score (nSPS) is 13.2. The second-order valence-electron chi connectivity index (χ2n) is 3.62. The van der Waals surface area contributed by atoms with Crippen molar-refractivity contribution in [2.24, 2.45) is 0 Å². The fraction of sp³-hybridized carbons (Fsp3) is 0.364. The molecule has 0 saturated heterocycles. The Balaban J connectivity index is 2.58. The minimum Gasteiger partial charge on any atom is -0.383 e. The fourth-order valence-corrected chi connectivity index (χ4v) is 1.83. The van der Waals surface area contributed by atoms with Crippen molar-refractivity contribution < 1.29 is 4.74 Å². The molecule has 0 aliphatic heterocycles. The molecule has 4 heteroatoms.